The summed E-state index contributed by atoms with van der Waals surface area (Å²) in [5.74, 6) is 0.866. The quantitative estimate of drug-likeness (QED) is 0.705. The molecule has 92 valence electrons. The van der Waals surface area contributed by atoms with Gasteiger partial charge in [0, 0.05) is 31.9 Å². The molecule has 5 nitrogen and oxygen atoms in total. The largest absolute Gasteiger partial charge is 0.347 e. The Morgan fingerprint density at radius 3 is 2.94 bits per heavy atom. The number of halogens is 1. The predicted octanol–water partition coefficient (Wildman–Crippen LogP) is 1.11. The van der Waals surface area contributed by atoms with Crippen LogP contribution in [-0.4, -0.2) is 47.5 Å². The molecule has 1 aliphatic heterocycles. The third kappa shape index (κ3) is 2.66. The van der Waals surface area contributed by atoms with Crippen LogP contribution in [0.2, 0.25) is 5.28 Å². The van der Waals surface area contributed by atoms with Crippen LogP contribution in [0.15, 0.2) is 6.20 Å². The van der Waals surface area contributed by atoms with Crippen molar-refractivity contribution in [3.05, 3.63) is 17.0 Å². The van der Waals surface area contributed by atoms with E-state index in [1.807, 2.05) is 18.9 Å². The number of nitrogens with zero attached hydrogens (tertiary/aromatic N) is 4. The molecule has 0 aliphatic carbocycles. The Kier molecular flexibility index (Phi) is 3.47. The molecule has 1 fully saturated rings. The van der Waals surface area contributed by atoms with E-state index in [2.05, 4.69) is 9.97 Å². The van der Waals surface area contributed by atoms with E-state index in [0.717, 1.165) is 30.9 Å². The van der Waals surface area contributed by atoms with Crippen LogP contribution in [0.4, 0.5) is 5.82 Å². The summed E-state index contributed by atoms with van der Waals surface area (Å²) in [4.78, 5) is 23.6. The Balaban J connectivity index is 2.26. The molecule has 0 atom stereocenters. The van der Waals surface area contributed by atoms with Crippen molar-refractivity contribution in [1.29, 1.82) is 0 Å². The molecule has 0 aromatic carbocycles. The summed E-state index contributed by atoms with van der Waals surface area (Å²) in [5.41, 5.74) is 0.937. The second kappa shape index (κ2) is 4.87. The van der Waals surface area contributed by atoms with E-state index in [9.17, 15) is 4.79 Å². The molecular formula is C11H15ClN4O. The van der Waals surface area contributed by atoms with E-state index in [1.54, 1.807) is 11.1 Å². The third-order valence-electron chi connectivity index (χ3n) is 2.89. The van der Waals surface area contributed by atoms with Gasteiger partial charge in [-0.1, -0.05) is 0 Å². The molecule has 6 heteroatoms. The normalized spacial score (nSPS) is 17.2. The molecule has 2 rings (SSSR count). The number of rotatable bonds is 1. The summed E-state index contributed by atoms with van der Waals surface area (Å²) in [5, 5.41) is 0.218. The molecule has 2 heterocycles. The minimum Gasteiger partial charge on any atom is -0.347 e. The van der Waals surface area contributed by atoms with Crippen molar-refractivity contribution >= 4 is 23.3 Å². The summed E-state index contributed by atoms with van der Waals surface area (Å²) in [6.07, 6.45) is 2.62. The summed E-state index contributed by atoms with van der Waals surface area (Å²) in [7, 11) is 1.83. The van der Waals surface area contributed by atoms with Gasteiger partial charge in [-0.2, -0.15) is 0 Å². The van der Waals surface area contributed by atoms with Gasteiger partial charge in [0.15, 0.2) is 0 Å². The first-order chi connectivity index (χ1) is 8.08. The van der Waals surface area contributed by atoms with E-state index in [0.29, 0.717) is 6.54 Å². The fourth-order valence-electron chi connectivity index (χ4n) is 1.90. The Hall–Kier alpha value is -1.36. The molecule has 1 amide bonds. The van der Waals surface area contributed by atoms with Crippen LogP contribution in [0.25, 0.3) is 0 Å². The van der Waals surface area contributed by atoms with Crippen LogP contribution < -0.4 is 4.90 Å². The molecule has 0 bridgehead atoms. The number of aryl methyl sites for hydroxylation is 1. The fraction of sp³-hybridized carbons (Fsp3) is 0.545. The number of likely N-dealkylation sites (N-methyl/N-ethyl adjacent to an activating group) is 1. The van der Waals surface area contributed by atoms with Crippen molar-refractivity contribution in [2.24, 2.45) is 0 Å². The monoisotopic (exact) mass is 254 g/mol. The zero-order valence-electron chi connectivity index (χ0n) is 9.98. The van der Waals surface area contributed by atoms with Crippen LogP contribution in [0, 0.1) is 6.92 Å². The molecule has 0 radical (unpaired) electrons. The van der Waals surface area contributed by atoms with Gasteiger partial charge in [0.1, 0.15) is 5.82 Å². The minimum atomic E-state index is 0.108. The van der Waals surface area contributed by atoms with Gasteiger partial charge in [-0.3, -0.25) is 4.79 Å². The predicted molar refractivity (Wildman–Crippen MR) is 66.2 cm³/mol. The van der Waals surface area contributed by atoms with E-state index in [4.69, 9.17) is 11.6 Å². The van der Waals surface area contributed by atoms with Gasteiger partial charge in [0.25, 0.3) is 0 Å². The Bertz CT molecular complexity index is 437. The van der Waals surface area contributed by atoms with E-state index in [-0.39, 0.29) is 11.2 Å². The summed E-state index contributed by atoms with van der Waals surface area (Å²) < 4.78 is 0. The number of anilines is 1. The van der Waals surface area contributed by atoms with Crippen LogP contribution in [0.5, 0.6) is 0 Å². The zero-order chi connectivity index (χ0) is 12.4. The number of aromatic nitrogens is 2. The maximum absolute atomic E-state index is 11.8. The summed E-state index contributed by atoms with van der Waals surface area (Å²) in [6.45, 7) is 3.87. The first-order valence-corrected chi connectivity index (χ1v) is 5.94. The van der Waals surface area contributed by atoms with Crippen LogP contribution in [0.1, 0.15) is 12.0 Å². The van der Waals surface area contributed by atoms with Crippen LogP contribution >= 0.6 is 11.6 Å². The highest BCUT2D eigenvalue weighted by molar-refractivity contribution is 6.28. The van der Waals surface area contributed by atoms with Crippen molar-refractivity contribution in [1.82, 2.24) is 14.9 Å². The molecule has 1 aliphatic rings. The fourth-order valence-corrected chi connectivity index (χ4v) is 2.03. The standard InChI is InChI=1S/C11H15ClN4O/c1-8-6-13-11(12)14-10(8)16-5-3-4-15(2)9(17)7-16/h6H,3-5,7H2,1-2H3. The topological polar surface area (TPSA) is 49.3 Å². The lowest BCUT2D eigenvalue weighted by Gasteiger charge is -2.22. The molecule has 1 aromatic rings. The number of hydrogen-bond acceptors (Lipinski definition) is 4. The van der Waals surface area contributed by atoms with Crippen molar-refractivity contribution in [3.8, 4) is 0 Å². The molecule has 1 saturated heterocycles. The molecular weight excluding hydrogens is 240 g/mol. The second-order valence-corrected chi connectivity index (χ2v) is 4.57. The SMILES string of the molecule is Cc1cnc(Cl)nc1N1CCCN(C)C(=O)C1. The highest BCUT2D eigenvalue weighted by Gasteiger charge is 2.21. The lowest BCUT2D eigenvalue weighted by molar-refractivity contribution is -0.127. The third-order valence-corrected chi connectivity index (χ3v) is 3.07. The Morgan fingerprint density at radius 1 is 1.41 bits per heavy atom. The lowest BCUT2D eigenvalue weighted by Crippen LogP contribution is -2.35. The zero-order valence-corrected chi connectivity index (χ0v) is 10.7. The average Bonchev–Trinajstić information content (AvgIpc) is 2.45. The summed E-state index contributed by atoms with van der Waals surface area (Å²) in [6, 6.07) is 0. The average molecular weight is 255 g/mol. The number of carbonyl (C=O) groups is 1. The van der Waals surface area contributed by atoms with Crippen LogP contribution in [0.3, 0.4) is 0 Å². The van der Waals surface area contributed by atoms with Crippen molar-refractivity contribution in [3.63, 3.8) is 0 Å². The van der Waals surface area contributed by atoms with Crippen molar-refractivity contribution < 1.29 is 4.79 Å². The van der Waals surface area contributed by atoms with Gasteiger partial charge < -0.3 is 9.80 Å². The van der Waals surface area contributed by atoms with Gasteiger partial charge in [-0.05, 0) is 24.9 Å². The van der Waals surface area contributed by atoms with Crippen molar-refractivity contribution in [2.45, 2.75) is 13.3 Å². The minimum absolute atomic E-state index is 0.108. The smallest absolute Gasteiger partial charge is 0.241 e. The molecule has 17 heavy (non-hydrogen) atoms. The number of amides is 1. The summed E-state index contributed by atoms with van der Waals surface area (Å²) >= 11 is 5.80. The van der Waals surface area contributed by atoms with Gasteiger partial charge in [-0.15, -0.1) is 0 Å². The Morgan fingerprint density at radius 2 is 2.18 bits per heavy atom. The van der Waals surface area contributed by atoms with E-state index < -0.39 is 0 Å². The van der Waals surface area contributed by atoms with Gasteiger partial charge in [0.05, 0.1) is 6.54 Å². The maximum Gasteiger partial charge on any atom is 0.241 e. The maximum atomic E-state index is 11.8. The van der Waals surface area contributed by atoms with E-state index >= 15 is 0 Å². The molecule has 0 saturated carbocycles. The molecule has 0 N–H and O–H groups in total. The lowest BCUT2D eigenvalue weighted by atomic mass is 10.3. The number of hydrogen-bond donors (Lipinski definition) is 0. The first-order valence-electron chi connectivity index (χ1n) is 5.56. The first kappa shape index (κ1) is 12.1. The highest BCUT2D eigenvalue weighted by atomic mass is 35.5. The Labute approximate surface area is 105 Å². The molecule has 0 unspecified atom stereocenters. The van der Waals surface area contributed by atoms with E-state index in [1.165, 1.54) is 0 Å². The van der Waals surface area contributed by atoms with Gasteiger partial charge in [-0.25, -0.2) is 9.97 Å². The highest BCUT2D eigenvalue weighted by Crippen LogP contribution is 2.19. The van der Waals surface area contributed by atoms with Gasteiger partial charge in [0.2, 0.25) is 11.2 Å². The second-order valence-electron chi connectivity index (χ2n) is 4.24. The van der Waals surface area contributed by atoms with Crippen molar-refractivity contribution in [2.75, 3.05) is 31.6 Å². The number of carbonyl (C=O) groups excluding carboxylic acids is 1. The molecule has 0 spiro atoms. The van der Waals surface area contributed by atoms with Crippen LogP contribution in [-0.2, 0) is 4.79 Å². The molecule has 1 aromatic heterocycles. The van der Waals surface area contributed by atoms with Gasteiger partial charge >= 0.3 is 0 Å².